The summed E-state index contributed by atoms with van der Waals surface area (Å²) in [7, 11) is -3.10. The highest BCUT2D eigenvalue weighted by molar-refractivity contribution is 7.91. The van der Waals surface area contributed by atoms with Crippen LogP contribution in [-0.2, 0) is 22.3 Å². The number of aromatic nitrogens is 3. The van der Waals surface area contributed by atoms with Gasteiger partial charge in [0.15, 0.2) is 0 Å². The van der Waals surface area contributed by atoms with E-state index in [0.717, 1.165) is 37.7 Å². The lowest BCUT2D eigenvalue weighted by atomic mass is 9.85. The smallest absolute Gasteiger partial charge is 0.276 e. The largest absolute Gasteiger partial charge is 0.363 e. The van der Waals surface area contributed by atoms with Gasteiger partial charge in [-0.1, -0.05) is 37.5 Å². The molecule has 46 heavy (non-hydrogen) atoms. The topological polar surface area (TPSA) is 97.2 Å². The van der Waals surface area contributed by atoms with Crippen LogP contribution in [0.15, 0.2) is 35.1 Å². The normalized spacial score (nSPS) is 27.6. The Balaban J connectivity index is 1.42. The van der Waals surface area contributed by atoms with Gasteiger partial charge in [0, 0.05) is 35.7 Å². The molecule has 2 aromatic heterocycles. The first-order valence-electron chi connectivity index (χ1n) is 17.0. The first-order chi connectivity index (χ1) is 21.9. The predicted octanol–water partition coefficient (Wildman–Crippen LogP) is 6.72. The monoisotopic (exact) mass is 655 g/mol. The first kappa shape index (κ1) is 33.0. The van der Waals surface area contributed by atoms with Crippen LogP contribution in [0, 0.1) is 12.8 Å². The first-order valence-corrected chi connectivity index (χ1v) is 18.9. The number of hydrogen-bond acceptors (Lipinski definition) is 7. The summed E-state index contributed by atoms with van der Waals surface area (Å²) in [6.45, 7) is 7.82. The molecule has 0 spiro atoms. The van der Waals surface area contributed by atoms with E-state index in [1.807, 2.05) is 19.1 Å². The molecule has 1 aromatic carbocycles. The fourth-order valence-electron chi connectivity index (χ4n) is 7.67. The van der Waals surface area contributed by atoms with E-state index in [1.54, 1.807) is 29.7 Å². The van der Waals surface area contributed by atoms with E-state index in [0.29, 0.717) is 79.6 Å². The number of fused-ring (bicyclic) bond motifs is 9. The van der Waals surface area contributed by atoms with E-state index >= 15 is 8.78 Å². The molecule has 1 N–H and O–H groups in total. The summed E-state index contributed by atoms with van der Waals surface area (Å²) >= 11 is 0. The van der Waals surface area contributed by atoms with Crippen LogP contribution in [-0.4, -0.2) is 58.5 Å². The number of sulfone groups is 1. The van der Waals surface area contributed by atoms with Crippen LogP contribution in [0.5, 0.6) is 0 Å². The number of nitrogens with one attached hydrogen (secondary N) is 1. The second kappa shape index (κ2) is 13.3. The zero-order valence-electron chi connectivity index (χ0n) is 27.3. The number of anilines is 1. The van der Waals surface area contributed by atoms with Crippen LogP contribution in [0.2, 0.25) is 0 Å². The Kier molecular flexibility index (Phi) is 9.54. The molecule has 2 saturated heterocycles. The Hall–Kier alpha value is -2.92. The quantitative estimate of drug-likeness (QED) is 0.311. The highest BCUT2D eigenvalue weighted by Gasteiger charge is 2.43. The maximum atomic E-state index is 16.0. The third-order valence-corrected chi connectivity index (χ3v) is 12.3. The molecule has 4 aliphatic heterocycles. The van der Waals surface area contributed by atoms with Crippen LogP contribution in [0.1, 0.15) is 106 Å². The van der Waals surface area contributed by atoms with E-state index in [2.05, 4.69) is 17.1 Å². The molecule has 0 radical (unpaired) electrons. The molecule has 7 rings (SSSR count). The minimum Gasteiger partial charge on any atom is -0.363 e. The minimum absolute atomic E-state index is 0.0446. The van der Waals surface area contributed by atoms with Crippen molar-refractivity contribution in [2.75, 3.05) is 29.9 Å². The summed E-state index contributed by atoms with van der Waals surface area (Å²) in [6, 6.07) is 8.57. The molecule has 250 valence electrons. The molecule has 1 unspecified atom stereocenters. The SMILES string of the molecule is Cc1nc2c3cc(C4CCS(=O)(=O)CC4)c(=O)n(c3n1)CCCCCCC(C)N1CCC(CC1)C(F)(F)c1cccc(c1)[C@@H](C)N2. The van der Waals surface area contributed by atoms with Crippen molar-refractivity contribution in [1.29, 1.82) is 0 Å². The highest BCUT2D eigenvalue weighted by atomic mass is 32.2. The van der Waals surface area contributed by atoms with Crippen molar-refractivity contribution in [3.8, 4) is 0 Å². The summed E-state index contributed by atoms with van der Waals surface area (Å²) in [5.41, 5.74) is 1.81. The van der Waals surface area contributed by atoms with Crippen molar-refractivity contribution in [3.63, 3.8) is 0 Å². The lowest BCUT2D eigenvalue weighted by molar-refractivity contribution is -0.0883. The third kappa shape index (κ3) is 6.86. The second-order valence-corrected chi connectivity index (χ2v) is 16.1. The Labute approximate surface area is 270 Å². The lowest BCUT2D eigenvalue weighted by Gasteiger charge is -2.39. The number of aryl methyl sites for hydroxylation is 2. The number of hydrogen-bond donors (Lipinski definition) is 1. The second-order valence-electron chi connectivity index (χ2n) is 13.8. The molecule has 8 bridgehead atoms. The molecule has 3 aromatic rings. The van der Waals surface area contributed by atoms with Gasteiger partial charge in [0.1, 0.15) is 27.1 Å². The van der Waals surface area contributed by atoms with Gasteiger partial charge < -0.3 is 10.2 Å². The summed E-state index contributed by atoms with van der Waals surface area (Å²) in [4.78, 5) is 25.9. The number of nitrogens with zero attached hydrogens (tertiary/aromatic N) is 4. The van der Waals surface area contributed by atoms with E-state index in [9.17, 15) is 13.2 Å². The number of benzene rings is 1. The van der Waals surface area contributed by atoms with Gasteiger partial charge in [-0.2, -0.15) is 0 Å². The van der Waals surface area contributed by atoms with E-state index < -0.39 is 21.7 Å². The van der Waals surface area contributed by atoms with Crippen molar-refractivity contribution in [2.45, 2.75) is 109 Å². The van der Waals surface area contributed by atoms with E-state index in [4.69, 9.17) is 9.97 Å². The van der Waals surface area contributed by atoms with Crippen molar-refractivity contribution >= 4 is 26.7 Å². The predicted molar refractivity (Wildman–Crippen MR) is 178 cm³/mol. The van der Waals surface area contributed by atoms with Gasteiger partial charge in [-0.15, -0.1) is 0 Å². The van der Waals surface area contributed by atoms with Gasteiger partial charge in [0.2, 0.25) is 0 Å². The van der Waals surface area contributed by atoms with Gasteiger partial charge in [-0.25, -0.2) is 27.2 Å². The van der Waals surface area contributed by atoms with Gasteiger partial charge in [-0.3, -0.25) is 9.36 Å². The molecular formula is C35H47F2N5O3S. The fraction of sp³-hybridized carbons (Fsp3) is 0.629. The van der Waals surface area contributed by atoms with Crippen molar-refractivity contribution in [1.82, 2.24) is 19.4 Å². The Morgan fingerprint density at radius 1 is 0.913 bits per heavy atom. The zero-order chi connectivity index (χ0) is 32.6. The Morgan fingerprint density at radius 3 is 2.37 bits per heavy atom. The van der Waals surface area contributed by atoms with Gasteiger partial charge in [-0.05, 0) is 96.0 Å². The Bertz CT molecular complexity index is 1720. The van der Waals surface area contributed by atoms with Crippen LogP contribution in [0.3, 0.4) is 0 Å². The van der Waals surface area contributed by atoms with E-state index in [1.165, 1.54) is 0 Å². The maximum absolute atomic E-state index is 16.0. The van der Waals surface area contributed by atoms with Crippen molar-refractivity contribution < 1.29 is 17.2 Å². The zero-order valence-corrected chi connectivity index (χ0v) is 28.1. The van der Waals surface area contributed by atoms with Gasteiger partial charge in [0.25, 0.3) is 11.5 Å². The standard InChI is InChI=1S/C35H47F2N5O3S/c1-23-9-6-4-5-7-16-42-33-31(22-30(34(42)43)26-14-19-46(44,45)20-15-26)32(39-25(3)40-33)38-24(2)27-10-8-11-29(21-27)35(36,37)28-12-17-41(23)18-13-28/h8,10-11,21-24,26,28H,4-7,9,12-20H2,1-3H3,(H,38,39,40)/t23?,24-/m1/s1. The summed E-state index contributed by atoms with van der Waals surface area (Å²) < 4.78 is 58.1. The number of alkyl halides is 2. The van der Waals surface area contributed by atoms with Crippen molar-refractivity contribution in [2.24, 2.45) is 5.92 Å². The van der Waals surface area contributed by atoms with Crippen LogP contribution < -0.4 is 10.9 Å². The van der Waals surface area contributed by atoms with Crippen LogP contribution in [0.4, 0.5) is 14.6 Å². The highest BCUT2D eigenvalue weighted by Crippen LogP contribution is 2.43. The molecule has 0 amide bonds. The molecule has 2 atom stereocenters. The minimum atomic E-state index is -3.10. The number of piperidine rings is 1. The number of rotatable bonds is 1. The average molecular weight is 656 g/mol. The van der Waals surface area contributed by atoms with Crippen LogP contribution >= 0.6 is 0 Å². The molecule has 4 aliphatic rings. The van der Waals surface area contributed by atoms with Gasteiger partial charge >= 0.3 is 0 Å². The summed E-state index contributed by atoms with van der Waals surface area (Å²) in [6.07, 6.45) is 6.65. The molecule has 0 aliphatic carbocycles. The van der Waals surface area contributed by atoms with Crippen molar-refractivity contribution in [3.05, 3.63) is 63.2 Å². The lowest BCUT2D eigenvalue weighted by Crippen LogP contribution is -2.43. The average Bonchev–Trinajstić information content (AvgIpc) is 3.03. The molecule has 6 heterocycles. The molecular weight excluding hydrogens is 608 g/mol. The molecule has 2 fully saturated rings. The third-order valence-electron chi connectivity index (χ3n) is 10.6. The molecule has 8 nitrogen and oxygen atoms in total. The Morgan fingerprint density at radius 2 is 1.63 bits per heavy atom. The summed E-state index contributed by atoms with van der Waals surface area (Å²) in [5, 5.41) is 4.16. The van der Waals surface area contributed by atoms with E-state index in [-0.39, 0.29) is 34.6 Å². The number of pyridine rings is 1. The van der Waals surface area contributed by atoms with Gasteiger partial charge in [0.05, 0.1) is 16.9 Å². The molecule has 0 saturated carbocycles. The van der Waals surface area contributed by atoms with Crippen LogP contribution in [0.25, 0.3) is 11.0 Å². The molecule has 11 heteroatoms. The maximum Gasteiger partial charge on any atom is 0.276 e. The summed E-state index contributed by atoms with van der Waals surface area (Å²) in [5.74, 6) is -2.61. The number of halogens is 2. The fourth-order valence-corrected chi connectivity index (χ4v) is 9.16.